The molecular formula is C19H21ClFN3O2. The molecule has 0 bridgehead atoms. The van der Waals surface area contributed by atoms with Crippen LogP contribution in [-0.4, -0.2) is 31.1 Å². The zero-order valence-electron chi connectivity index (χ0n) is 14.9. The minimum absolute atomic E-state index is 0.169. The van der Waals surface area contributed by atoms with Crippen LogP contribution in [0.4, 0.5) is 10.1 Å². The van der Waals surface area contributed by atoms with Gasteiger partial charge < -0.3 is 15.4 Å². The number of benzene rings is 1. The number of nitrogens with zero attached hydrogens (tertiary/aromatic N) is 1. The lowest BCUT2D eigenvalue weighted by molar-refractivity contribution is -0.123. The van der Waals surface area contributed by atoms with Gasteiger partial charge in [-0.1, -0.05) is 31.5 Å². The molecule has 1 aliphatic heterocycles. The quantitative estimate of drug-likeness (QED) is 0.783. The fourth-order valence-electron chi connectivity index (χ4n) is 3.21. The Labute approximate surface area is 156 Å². The van der Waals surface area contributed by atoms with Gasteiger partial charge in [-0.2, -0.15) is 0 Å². The molecule has 1 saturated heterocycles. The maximum Gasteiger partial charge on any atom is 0.237 e. The molecule has 0 radical (unpaired) electrons. The predicted molar refractivity (Wildman–Crippen MR) is 99.5 cm³/mol. The van der Waals surface area contributed by atoms with Gasteiger partial charge >= 0.3 is 0 Å². The van der Waals surface area contributed by atoms with Crippen molar-refractivity contribution in [3.05, 3.63) is 52.6 Å². The highest BCUT2D eigenvalue weighted by atomic mass is 35.5. The van der Waals surface area contributed by atoms with Crippen LogP contribution in [0.15, 0.2) is 30.5 Å². The molecule has 1 amide bonds. The molecular weight excluding hydrogens is 357 g/mol. The third kappa shape index (κ3) is 3.27. The molecule has 1 aromatic heterocycles. The Kier molecular flexibility index (Phi) is 5.16. The molecule has 0 unspecified atom stereocenters. The van der Waals surface area contributed by atoms with E-state index in [0.717, 1.165) is 5.56 Å². The lowest BCUT2D eigenvalue weighted by Crippen LogP contribution is -2.63. The third-order valence-electron chi connectivity index (χ3n) is 4.74. The van der Waals surface area contributed by atoms with Crippen molar-refractivity contribution >= 4 is 23.2 Å². The van der Waals surface area contributed by atoms with Crippen molar-refractivity contribution in [2.75, 3.05) is 25.5 Å². The summed E-state index contributed by atoms with van der Waals surface area (Å²) in [5.74, 6) is 0.00658. The number of anilines is 1. The average molecular weight is 378 g/mol. The highest BCUT2D eigenvalue weighted by Crippen LogP contribution is 2.37. The summed E-state index contributed by atoms with van der Waals surface area (Å²) >= 11 is 5.87. The summed E-state index contributed by atoms with van der Waals surface area (Å²) in [5.41, 5.74) is 1.26. The molecule has 1 fully saturated rings. The summed E-state index contributed by atoms with van der Waals surface area (Å²) in [6, 6.07) is 6.19. The van der Waals surface area contributed by atoms with Gasteiger partial charge in [0.2, 0.25) is 5.91 Å². The van der Waals surface area contributed by atoms with Gasteiger partial charge in [0.25, 0.3) is 0 Å². The second kappa shape index (κ2) is 7.21. The van der Waals surface area contributed by atoms with Gasteiger partial charge in [0.05, 0.1) is 18.7 Å². The normalized spacial score (nSPS) is 15.5. The number of nitrogens with one attached hydrogen (secondary N) is 2. The SMILES string of the molecule is COc1cc(Cl)ncc1NC(=O)C1(c2cc(F)ccc2C(C)C)CNC1. The number of carbonyl (C=O) groups is 1. The molecule has 3 rings (SSSR count). The van der Waals surface area contributed by atoms with Crippen LogP contribution in [0.25, 0.3) is 0 Å². The largest absolute Gasteiger partial charge is 0.494 e. The molecule has 2 heterocycles. The van der Waals surface area contributed by atoms with Gasteiger partial charge in [-0.05, 0) is 29.2 Å². The van der Waals surface area contributed by atoms with Gasteiger partial charge in [0, 0.05) is 19.2 Å². The van der Waals surface area contributed by atoms with Crippen molar-refractivity contribution in [1.29, 1.82) is 0 Å². The molecule has 0 saturated carbocycles. The van der Waals surface area contributed by atoms with E-state index >= 15 is 0 Å². The molecule has 0 aliphatic carbocycles. The maximum atomic E-state index is 14.0. The number of amides is 1. The van der Waals surface area contributed by atoms with Crippen molar-refractivity contribution in [3.8, 4) is 5.75 Å². The summed E-state index contributed by atoms with van der Waals surface area (Å²) in [6.45, 7) is 4.93. The first kappa shape index (κ1) is 18.6. The van der Waals surface area contributed by atoms with Crippen LogP contribution in [0.2, 0.25) is 5.15 Å². The second-order valence-electron chi connectivity index (χ2n) is 6.73. The van der Waals surface area contributed by atoms with E-state index in [1.807, 2.05) is 13.8 Å². The standard InChI is InChI=1S/C19H21ClFN3O2/c1-11(2)13-5-4-12(21)6-14(13)19(9-22-10-19)18(25)24-15-8-23-17(20)7-16(15)26-3/h4-8,11,22H,9-10H2,1-3H3,(H,24,25). The molecule has 5 nitrogen and oxygen atoms in total. The summed E-state index contributed by atoms with van der Waals surface area (Å²) in [4.78, 5) is 17.2. The van der Waals surface area contributed by atoms with Crippen molar-refractivity contribution in [3.63, 3.8) is 0 Å². The lowest BCUT2D eigenvalue weighted by atomic mass is 9.71. The molecule has 1 aromatic carbocycles. The molecule has 2 aromatic rings. The molecule has 2 N–H and O–H groups in total. The van der Waals surface area contributed by atoms with Crippen molar-refractivity contribution in [1.82, 2.24) is 10.3 Å². The van der Waals surface area contributed by atoms with Crippen LogP contribution in [0.3, 0.4) is 0 Å². The summed E-state index contributed by atoms with van der Waals surface area (Å²) < 4.78 is 19.2. The summed E-state index contributed by atoms with van der Waals surface area (Å²) in [5, 5.41) is 6.28. The Hall–Kier alpha value is -2.18. The molecule has 7 heteroatoms. The van der Waals surface area contributed by atoms with Crippen LogP contribution < -0.4 is 15.4 Å². The molecule has 0 spiro atoms. The van der Waals surface area contributed by atoms with E-state index in [0.29, 0.717) is 30.1 Å². The second-order valence-corrected chi connectivity index (χ2v) is 7.12. The highest BCUT2D eigenvalue weighted by Gasteiger charge is 2.47. The van der Waals surface area contributed by atoms with Crippen LogP contribution in [0.5, 0.6) is 5.75 Å². The van der Waals surface area contributed by atoms with E-state index in [1.165, 1.54) is 31.5 Å². The van der Waals surface area contributed by atoms with Gasteiger partial charge in [0.15, 0.2) is 0 Å². The Morgan fingerprint density at radius 1 is 1.38 bits per heavy atom. The summed E-state index contributed by atoms with van der Waals surface area (Å²) in [7, 11) is 1.49. The van der Waals surface area contributed by atoms with Crippen molar-refractivity contribution in [2.45, 2.75) is 25.2 Å². The molecule has 138 valence electrons. The van der Waals surface area contributed by atoms with E-state index in [9.17, 15) is 9.18 Å². The van der Waals surface area contributed by atoms with Crippen LogP contribution >= 0.6 is 11.6 Å². The minimum atomic E-state index is -0.841. The van der Waals surface area contributed by atoms with E-state index < -0.39 is 5.41 Å². The topological polar surface area (TPSA) is 63.2 Å². The predicted octanol–water partition coefficient (Wildman–Crippen LogP) is 3.49. The highest BCUT2D eigenvalue weighted by molar-refractivity contribution is 6.29. The number of pyridine rings is 1. The van der Waals surface area contributed by atoms with Crippen molar-refractivity contribution in [2.24, 2.45) is 0 Å². The Morgan fingerprint density at radius 3 is 2.69 bits per heavy atom. The van der Waals surface area contributed by atoms with Crippen LogP contribution in [-0.2, 0) is 10.2 Å². The number of methoxy groups -OCH3 is 1. The van der Waals surface area contributed by atoms with E-state index in [-0.39, 0.29) is 22.8 Å². The first-order valence-electron chi connectivity index (χ1n) is 8.39. The Morgan fingerprint density at radius 2 is 2.12 bits per heavy atom. The fourth-order valence-corrected chi connectivity index (χ4v) is 3.36. The number of carbonyl (C=O) groups excluding carboxylic acids is 1. The van der Waals surface area contributed by atoms with Crippen LogP contribution in [0, 0.1) is 5.82 Å². The van der Waals surface area contributed by atoms with E-state index in [1.54, 1.807) is 6.07 Å². The van der Waals surface area contributed by atoms with Gasteiger partial charge in [-0.25, -0.2) is 9.37 Å². The van der Waals surface area contributed by atoms with Crippen LogP contribution in [0.1, 0.15) is 30.9 Å². The Balaban J connectivity index is 1.99. The molecule has 26 heavy (non-hydrogen) atoms. The zero-order valence-corrected chi connectivity index (χ0v) is 15.7. The van der Waals surface area contributed by atoms with Gasteiger partial charge in [0.1, 0.15) is 22.4 Å². The lowest BCUT2D eigenvalue weighted by Gasteiger charge is -2.43. The first-order chi connectivity index (χ1) is 12.4. The minimum Gasteiger partial charge on any atom is -0.494 e. The summed E-state index contributed by atoms with van der Waals surface area (Å²) in [6.07, 6.45) is 1.45. The first-order valence-corrected chi connectivity index (χ1v) is 8.77. The van der Waals surface area contributed by atoms with E-state index in [4.69, 9.17) is 16.3 Å². The smallest absolute Gasteiger partial charge is 0.237 e. The zero-order chi connectivity index (χ0) is 18.9. The maximum absolute atomic E-state index is 14.0. The van der Waals surface area contributed by atoms with E-state index in [2.05, 4.69) is 15.6 Å². The number of ether oxygens (including phenoxy) is 1. The average Bonchev–Trinajstić information content (AvgIpc) is 2.55. The number of hydrogen-bond donors (Lipinski definition) is 2. The van der Waals surface area contributed by atoms with Gasteiger partial charge in [-0.3, -0.25) is 4.79 Å². The number of halogens is 2. The molecule has 1 aliphatic rings. The number of rotatable bonds is 5. The van der Waals surface area contributed by atoms with Crippen molar-refractivity contribution < 1.29 is 13.9 Å². The fraction of sp³-hybridized carbons (Fsp3) is 0.368. The molecule has 0 atom stereocenters. The number of aromatic nitrogens is 1. The number of hydrogen-bond acceptors (Lipinski definition) is 4. The monoisotopic (exact) mass is 377 g/mol. The van der Waals surface area contributed by atoms with Gasteiger partial charge in [-0.15, -0.1) is 0 Å². The third-order valence-corrected chi connectivity index (χ3v) is 4.95. The Bertz CT molecular complexity index is 838.